The summed E-state index contributed by atoms with van der Waals surface area (Å²) >= 11 is 0. The molecule has 0 amide bonds. The van der Waals surface area contributed by atoms with Crippen LogP contribution in [0.4, 0.5) is 0 Å². The van der Waals surface area contributed by atoms with Gasteiger partial charge in [-0.1, -0.05) is 42.5 Å². The van der Waals surface area contributed by atoms with Gasteiger partial charge in [-0.05, 0) is 29.7 Å². The van der Waals surface area contributed by atoms with Gasteiger partial charge in [-0.3, -0.25) is 4.79 Å². The average Bonchev–Trinajstić information content (AvgIpc) is 2.54. The number of methoxy groups -OCH3 is 1. The minimum Gasteiger partial charge on any atom is -0.497 e. The summed E-state index contributed by atoms with van der Waals surface area (Å²) in [5.41, 5.74) is 6.35. The number of aliphatic carboxylic acids is 1. The number of rotatable bonds is 6. The van der Waals surface area contributed by atoms with E-state index >= 15 is 0 Å². The third kappa shape index (κ3) is 3.06. The molecule has 2 rings (SSSR count). The summed E-state index contributed by atoms with van der Waals surface area (Å²) in [6.07, 6.45) is 0.340. The molecular formula is C17H19NO3. The molecule has 3 N–H and O–H groups in total. The average molecular weight is 285 g/mol. The van der Waals surface area contributed by atoms with Crippen LogP contribution in [0, 0.1) is 0 Å². The van der Waals surface area contributed by atoms with E-state index < -0.39 is 11.4 Å². The van der Waals surface area contributed by atoms with Crippen molar-refractivity contribution in [1.29, 1.82) is 0 Å². The van der Waals surface area contributed by atoms with Gasteiger partial charge in [-0.25, -0.2) is 0 Å². The van der Waals surface area contributed by atoms with Gasteiger partial charge in [0, 0.05) is 6.54 Å². The number of carbonyl (C=O) groups is 1. The molecule has 0 saturated heterocycles. The molecule has 0 aromatic heterocycles. The predicted molar refractivity (Wildman–Crippen MR) is 81.5 cm³/mol. The highest BCUT2D eigenvalue weighted by Crippen LogP contribution is 2.29. The van der Waals surface area contributed by atoms with Crippen LogP contribution >= 0.6 is 0 Å². The zero-order valence-electron chi connectivity index (χ0n) is 12.0. The van der Waals surface area contributed by atoms with Crippen LogP contribution < -0.4 is 10.5 Å². The summed E-state index contributed by atoms with van der Waals surface area (Å²) in [6.45, 7) is 0.0401. The van der Waals surface area contributed by atoms with Gasteiger partial charge >= 0.3 is 5.97 Å². The van der Waals surface area contributed by atoms with E-state index in [4.69, 9.17) is 10.5 Å². The van der Waals surface area contributed by atoms with Crippen molar-refractivity contribution in [3.05, 3.63) is 65.7 Å². The van der Waals surface area contributed by atoms with Crippen molar-refractivity contribution in [3.63, 3.8) is 0 Å². The quantitative estimate of drug-likeness (QED) is 0.853. The van der Waals surface area contributed by atoms with E-state index in [1.54, 1.807) is 7.11 Å². The lowest BCUT2D eigenvalue weighted by Crippen LogP contribution is -2.44. The van der Waals surface area contributed by atoms with Crippen molar-refractivity contribution < 1.29 is 14.6 Å². The van der Waals surface area contributed by atoms with Gasteiger partial charge in [0.2, 0.25) is 0 Å². The Morgan fingerprint density at radius 1 is 1.14 bits per heavy atom. The first kappa shape index (κ1) is 15.1. The zero-order chi connectivity index (χ0) is 15.3. The molecule has 21 heavy (non-hydrogen) atoms. The van der Waals surface area contributed by atoms with E-state index in [1.807, 2.05) is 54.6 Å². The first-order valence-corrected chi connectivity index (χ1v) is 6.74. The van der Waals surface area contributed by atoms with Crippen molar-refractivity contribution in [2.24, 2.45) is 5.73 Å². The first-order valence-electron chi connectivity index (χ1n) is 6.74. The Morgan fingerprint density at radius 2 is 1.76 bits per heavy atom. The second kappa shape index (κ2) is 6.41. The molecule has 1 unspecified atom stereocenters. The summed E-state index contributed by atoms with van der Waals surface area (Å²) < 4.78 is 5.12. The lowest BCUT2D eigenvalue weighted by atomic mass is 9.75. The number of ether oxygens (including phenoxy) is 1. The molecule has 0 radical (unpaired) electrons. The zero-order valence-corrected chi connectivity index (χ0v) is 12.0. The minimum atomic E-state index is -1.12. The van der Waals surface area contributed by atoms with E-state index in [2.05, 4.69) is 0 Å². The molecule has 4 nitrogen and oxygen atoms in total. The van der Waals surface area contributed by atoms with Crippen LogP contribution in [0.25, 0.3) is 0 Å². The molecule has 0 heterocycles. The smallest absolute Gasteiger partial charge is 0.315 e. The second-order valence-corrected chi connectivity index (χ2v) is 4.98. The molecule has 2 aromatic rings. The number of hydrogen-bond donors (Lipinski definition) is 2. The van der Waals surface area contributed by atoms with E-state index in [0.717, 1.165) is 16.9 Å². The Balaban J connectivity index is 2.38. The van der Waals surface area contributed by atoms with Crippen molar-refractivity contribution in [1.82, 2.24) is 0 Å². The van der Waals surface area contributed by atoms with E-state index in [0.29, 0.717) is 6.42 Å². The molecule has 0 bridgehead atoms. The number of carboxylic acids is 1. The van der Waals surface area contributed by atoms with Crippen LogP contribution in [0.2, 0.25) is 0 Å². The summed E-state index contributed by atoms with van der Waals surface area (Å²) in [4.78, 5) is 11.9. The van der Waals surface area contributed by atoms with Gasteiger partial charge < -0.3 is 15.6 Å². The molecule has 110 valence electrons. The van der Waals surface area contributed by atoms with Crippen molar-refractivity contribution >= 4 is 5.97 Å². The van der Waals surface area contributed by atoms with Gasteiger partial charge in [0.15, 0.2) is 0 Å². The van der Waals surface area contributed by atoms with Gasteiger partial charge in [0.05, 0.1) is 7.11 Å². The third-order valence-corrected chi connectivity index (χ3v) is 3.75. The largest absolute Gasteiger partial charge is 0.497 e. The van der Waals surface area contributed by atoms with Crippen LogP contribution in [0.15, 0.2) is 54.6 Å². The Kier molecular flexibility index (Phi) is 4.60. The highest BCUT2D eigenvalue weighted by molar-refractivity contribution is 5.82. The van der Waals surface area contributed by atoms with Gasteiger partial charge in [0.25, 0.3) is 0 Å². The maximum Gasteiger partial charge on any atom is 0.315 e. The fraction of sp³-hybridized carbons (Fsp3) is 0.235. The monoisotopic (exact) mass is 285 g/mol. The number of nitrogens with two attached hydrogens (primary N) is 1. The standard InChI is InChI=1S/C17H19NO3/c1-21-15-9-7-13(8-10-15)11-17(12-18,16(19)20)14-5-3-2-4-6-14/h2-10H,11-12,18H2,1H3,(H,19,20). The van der Waals surface area contributed by atoms with Crippen LogP contribution in [0.5, 0.6) is 5.75 Å². The number of carboxylic acid groups (broad SMARTS) is 1. The molecule has 0 spiro atoms. The molecule has 0 aliphatic heterocycles. The fourth-order valence-corrected chi connectivity index (χ4v) is 2.43. The van der Waals surface area contributed by atoms with Crippen LogP contribution in [0.3, 0.4) is 0 Å². The van der Waals surface area contributed by atoms with Crippen LogP contribution in [0.1, 0.15) is 11.1 Å². The Morgan fingerprint density at radius 3 is 2.24 bits per heavy atom. The fourth-order valence-electron chi connectivity index (χ4n) is 2.43. The lowest BCUT2D eigenvalue weighted by molar-refractivity contribution is -0.143. The highest BCUT2D eigenvalue weighted by atomic mass is 16.5. The molecule has 0 fully saturated rings. The van der Waals surface area contributed by atoms with E-state index in [-0.39, 0.29) is 6.54 Å². The summed E-state index contributed by atoms with van der Waals surface area (Å²) in [5, 5.41) is 9.73. The van der Waals surface area contributed by atoms with Crippen LogP contribution in [-0.2, 0) is 16.6 Å². The van der Waals surface area contributed by atoms with Crippen molar-refractivity contribution in [2.75, 3.05) is 13.7 Å². The Labute approximate surface area is 124 Å². The molecular weight excluding hydrogens is 266 g/mol. The normalized spacial score (nSPS) is 13.4. The molecule has 0 saturated carbocycles. The molecule has 0 aliphatic carbocycles. The molecule has 1 atom stereocenters. The summed E-state index contributed by atoms with van der Waals surface area (Å²) in [5.74, 6) is -0.167. The van der Waals surface area contributed by atoms with Crippen molar-refractivity contribution in [3.8, 4) is 5.75 Å². The maximum absolute atomic E-state index is 11.9. The molecule has 2 aromatic carbocycles. The minimum absolute atomic E-state index is 0.0401. The Hall–Kier alpha value is -2.33. The van der Waals surface area contributed by atoms with Crippen molar-refractivity contribution in [2.45, 2.75) is 11.8 Å². The summed E-state index contributed by atoms with van der Waals surface area (Å²) in [7, 11) is 1.60. The number of benzene rings is 2. The second-order valence-electron chi connectivity index (χ2n) is 4.98. The maximum atomic E-state index is 11.9. The molecule has 0 aliphatic rings. The van der Waals surface area contributed by atoms with E-state index in [9.17, 15) is 9.90 Å². The van der Waals surface area contributed by atoms with Gasteiger partial charge in [0.1, 0.15) is 11.2 Å². The topological polar surface area (TPSA) is 72.5 Å². The predicted octanol–water partition coefficient (Wildman–Crippen LogP) is 2.22. The van der Waals surface area contributed by atoms with Gasteiger partial charge in [-0.2, -0.15) is 0 Å². The SMILES string of the molecule is COc1ccc(CC(CN)(C(=O)O)c2ccccc2)cc1. The number of hydrogen-bond acceptors (Lipinski definition) is 3. The molecule has 4 heteroatoms. The van der Waals surface area contributed by atoms with Crippen LogP contribution in [-0.4, -0.2) is 24.7 Å². The third-order valence-electron chi connectivity index (χ3n) is 3.75. The first-order chi connectivity index (χ1) is 10.1. The van der Waals surface area contributed by atoms with Gasteiger partial charge in [-0.15, -0.1) is 0 Å². The van der Waals surface area contributed by atoms with E-state index in [1.165, 1.54) is 0 Å². The highest BCUT2D eigenvalue weighted by Gasteiger charge is 2.39. The Bertz CT molecular complexity index is 595. The lowest BCUT2D eigenvalue weighted by Gasteiger charge is -2.28. The summed E-state index contributed by atoms with van der Waals surface area (Å²) in [6, 6.07) is 16.5.